The molecule has 0 bridgehead atoms. The third kappa shape index (κ3) is 2.59. The van der Waals surface area contributed by atoms with Crippen molar-refractivity contribution in [3.05, 3.63) is 34.6 Å². The molecular weight excluding hydrogens is 354 g/mol. The first-order chi connectivity index (χ1) is 12.6. The Hall–Kier alpha value is -2.68. The molecule has 3 aromatic heterocycles. The van der Waals surface area contributed by atoms with Gasteiger partial charge in [0.05, 0.1) is 22.9 Å². The Labute approximate surface area is 153 Å². The average molecular weight is 373 g/mol. The van der Waals surface area contributed by atoms with Crippen molar-refractivity contribution in [3.63, 3.8) is 0 Å². The fourth-order valence-corrected chi connectivity index (χ4v) is 4.37. The van der Waals surface area contributed by atoms with Crippen LogP contribution in [0.25, 0.3) is 10.2 Å². The first-order valence-electron chi connectivity index (χ1n) is 8.53. The number of aromatic amines is 1. The van der Waals surface area contributed by atoms with Gasteiger partial charge in [0.1, 0.15) is 11.4 Å². The number of thiophene rings is 1. The number of amides is 1. The Morgan fingerprint density at radius 1 is 1.42 bits per heavy atom. The van der Waals surface area contributed by atoms with E-state index in [2.05, 4.69) is 15.4 Å². The first-order valence-corrected chi connectivity index (χ1v) is 9.41. The van der Waals surface area contributed by atoms with Gasteiger partial charge in [-0.1, -0.05) is 0 Å². The lowest BCUT2D eigenvalue weighted by molar-refractivity contribution is 0.0512. The van der Waals surface area contributed by atoms with Gasteiger partial charge in [-0.3, -0.25) is 4.79 Å². The predicted molar refractivity (Wildman–Crippen MR) is 96.1 cm³/mol. The van der Waals surface area contributed by atoms with E-state index in [0.717, 1.165) is 23.1 Å². The van der Waals surface area contributed by atoms with E-state index in [0.29, 0.717) is 17.9 Å². The molecule has 0 spiro atoms. The van der Waals surface area contributed by atoms with Crippen LogP contribution >= 0.6 is 11.3 Å². The zero-order valence-electron chi connectivity index (χ0n) is 14.6. The largest absolute Gasteiger partial charge is 0.461 e. The van der Waals surface area contributed by atoms with E-state index in [1.54, 1.807) is 23.2 Å². The second kappa shape index (κ2) is 6.56. The number of nitrogens with zero attached hydrogens (tertiary/aromatic N) is 4. The molecule has 3 aromatic rings. The standard InChI is InChI=1S/C17H19N5O3S/c1-3-25-17(24)15-14(18-20-19-15)11-5-4-7-22(11)16(23)12-9-13-10(21(12)2)6-8-26-13/h6,8-9,11H,3-5,7H2,1-2H3,(H,18,19,20). The molecule has 1 N–H and O–H groups in total. The van der Waals surface area contributed by atoms with Crippen molar-refractivity contribution in [2.24, 2.45) is 7.05 Å². The van der Waals surface area contributed by atoms with E-state index in [4.69, 9.17) is 4.74 Å². The van der Waals surface area contributed by atoms with Gasteiger partial charge in [0.15, 0.2) is 5.69 Å². The van der Waals surface area contributed by atoms with Gasteiger partial charge in [-0.05, 0) is 37.3 Å². The molecule has 1 aliphatic rings. The summed E-state index contributed by atoms with van der Waals surface area (Å²) < 4.78 is 8.05. The lowest BCUT2D eigenvalue weighted by Gasteiger charge is -2.23. The van der Waals surface area contributed by atoms with Crippen LogP contribution in [0, 0.1) is 0 Å². The number of nitrogens with one attached hydrogen (secondary N) is 1. The minimum atomic E-state index is -0.519. The first kappa shape index (κ1) is 16.8. The number of aryl methyl sites for hydroxylation is 1. The minimum Gasteiger partial charge on any atom is -0.461 e. The molecule has 1 aliphatic heterocycles. The van der Waals surface area contributed by atoms with Crippen LogP contribution in [-0.4, -0.2) is 49.9 Å². The molecule has 26 heavy (non-hydrogen) atoms. The molecule has 136 valence electrons. The number of rotatable bonds is 4. The van der Waals surface area contributed by atoms with E-state index in [1.807, 2.05) is 29.1 Å². The van der Waals surface area contributed by atoms with Crippen LogP contribution < -0.4 is 0 Å². The highest BCUT2D eigenvalue weighted by Crippen LogP contribution is 2.34. The fraction of sp³-hybridized carbons (Fsp3) is 0.412. The zero-order valence-corrected chi connectivity index (χ0v) is 15.4. The summed E-state index contributed by atoms with van der Waals surface area (Å²) in [5.41, 5.74) is 2.32. The molecule has 0 radical (unpaired) electrons. The quantitative estimate of drug-likeness (QED) is 0.709. The van der Waals surface area contributed by atoms with Crippen molar-refractivity contribution in [1.82, 2.24) is 24.9 Å². The number of H-pyrrole nitrogens is 1. The van der Waals surface area contributed by atoms with Crippen molar-refractivity contribution >= 4 is 33.4 Å². The second-order valence-corrected chi connectivity index (χ2v) is 7.14. The minimum absolute atomic E-state index is 0.0591. The molecular formula is C17H19N5O3S. The van der Waals surface area contributed by atoms with Crippen molar-refractivity contribution < 1.29 is 14.3 Å². The van der Waals surface area contributed by atoms with E-state index in [-0.39, 0.29) is 24.2 Å². The molecule has 0 aromatic carbocycles. The van der Waals surface area contributed by atoms with Gasteiger partial charge in [-0.25, -0.2) is 4.79 Å². The molecule has 4 heterocycles. The van der Waals surface area contributed by atoms with Crippen LogP contribution in [0.3, 0.4) is 0 Å². The second-order valence-electron chi connectivity index (χ2n) is 6.19. The number of hydrogen-bond donors (Lipinski definition) is 1. The predicted octanol–water partition coefficient (Wildman–Crippen LogP) is 2.51. The molecule has 1 unspecified atom stereocenters. The van der Waals surface area contributed by atoms with Gasteiger partial charge in [0, 0.05) is 13.6 Å². The number of carbonyl (C=O) groups excluding carboxylic acids is 2. The molecule has 1 saturated heterocycles. The highest BCUT2D eigenvalue weighted by molar-refractivity contribution is 7.17. The van der Waals surface area contributed by atoms with E-state index in [1.165, 1.54) is 0 Å². The Morgan fingerprint density at radius 2 is 2.27 bits per heavy atom. The van der Waals surface area contributed by atoms with Gasteiger partial charge in [-0.15, -0.1) is 16.4 Å². The number of hydrogen-bond acceptors (Lipinski definition) is 6. The summed E-state index contributed by atoms with van der Waals surface area (Å²) in [5, 5.41) is 12.6. The van der Waals surface area contributed by atoms with E-state index in [9.17, 15) is 9.59 Å². The number of aromatic nitrogens is 4. The fourth-order valence-electron chi connectivity index (χ4n) is 3.52. The summed E-state index contributed by atoms with van der Waals surface area (Å²) >= 11 is 1.61. The highest BCUT2D eigenvalue weighted by atomic mass is 32.1. The molecule has 0 aliphatic carbocycles. The summed E-state index contributed by atoms with van der Waals surface area (Å²) in [6, 6.07) is 3.65. The molecule has 8 nitrogen and oxygen atoms in total. The molecule has 1 fully saturated rings. The Balaban J connectivity index is 1.66. The Kier molecular flexibility index (Phi) is 4.23. The van der Waals surface area contributed by atoms with Crippen molar-refractivity contribution in [2.45, 2.75) is 25.8 Å². The lowest BCUT2D eigenvalue weighted by atomic mass is 10.1. The number of esters is 1. The summed E-state index contributed by atoms with van der Waals surface area (Å²) in [5.74, 6) is -0.578. The van der Waals surface area contributed by atoms with Crippen LogP contribution in [0.1, 0.15) is 52.5 Å². The third-order valence-electron chi connectivity index (χ3n) is 4.76. The van der Waals surface area contributed by atoms with Gasteiger partial charge >= 0.3 is 5.97 Å². The zero-order chi connectivity index (χ0) is 18.3. The molecule has 1 amide bonds. The van der Waals surface area contributed by atoms with Crippen LogP contribution in [0.5, 0.6) is 0 Å². The van der Waals surface area contributed by atoms with E-state index < -0.39 is 5.97 Å². The van der Waals surface area contributed by atoms with Gasteiger partial charge in [-0.2, -0.15) is 10.3 Å². The summed E-state index contributed by atoms with van der Waals surface area (Å²) in [6.45, 7) is 2.63. The maximum Gasteiger partial charge on any atom is 0.360 e. The summed E-state index contributed by atoms with van der Waals surface area (Å²) in [6.07, 6.45) is 1.59. The molecule has 4 rings (SSSR count). The number of fused-ring (bicyclic) bond motifs is 1. The normalized spacial score (nSPS) is 17.2. The topological polar surface area (TPSA) is 93.1 Å². The number of ether oxygens (including phenoxy) is 1. The number of carbonyl (C=O) groups is 2. The highest BCUT2D eigenvalue weighted by Gasteiger charge is 2.36. The smallest absolute Gasteiger partial charge is 0.360 e. The Bertz CT molecular complexity index is 972. The van der Waals surface area contributed by atoms with Crippen molar-refractivity contribution in [2.75, 3.05) is 13.2 Å². The maximum atomic E-state index is 13.2. The third-order valence-corrected chi connectivity index (χ3v) is 5.61. The van der Waals surface area contributed by atoms with Crippen LogP contribution in [0.2, 0.25) is 0 Å². The molecule has 1 atom stereocenters. The monoisotopic (exact) mass is 373 g/mol. The van der Waals surface area contributed by atoms with Crippen LogP contribution in [0.4, 0.5) is 0 Å². The van der Waals surface area contributed by atoms with Crippen LogP contribution in [-0.2, 0) is 11.8 Å². The lowest BCUT2D eigenvalue weighted by Crippen LogP contribution is -2.32. The van der Waals surface area contributed by atoms with Crippen molar-refractivity contribution in [3.8, 4) is 0 Å². The van der Waals surface area contributed by atoms with Gasteiger partial charge in [0.2, 0.25) is 0 Å². The SMILES string of the molecule is CCOC(=O)c1n[nH]nc1C1CCCN1C(=O)c1cc2sccc2n1C. The summed E-state index contributed by atoms with van der Waals surface area (Å²) in [7, 11) is 1.90. The number of likely N-dealkylation sites (tertiary alicyclic amines) is 1. The molecule has 0 saturated carbocycles. The van der Waals surface area contributed by atoms with Crippen molar-refractivity contribution in [1.29, 1.82) is 0 Å². The summed E-state index contributed by atoms with van der Waals surface area (Å²) in [4.78, 5) is 27.1. The molecule has 9 heteroatoms. The van der Waals surface area contributed by atoms with Crippen LogP contribution in [0.15, 0.2) is 17.5 Å². The van der Waals surface area contributed by atoms with E-state index >= 15 is 0 Å². The van der Waals surface area contributed by atoms with Gasteiger partial charge in [0.25, 0.3) is 5.91 Å². The Morgan fingerprint density at radius 3 is 3.04 bits per heavy atom. The average Bonchev–Trinajstić information content (AvgIpc) is 3.39. The maximum absolute atomic E-state index is 13.2. The van der Waals surface area contributed by atoms with Gasteiger partial charge < -0.3 is 14.2 Å².